The van der Waals surface area contributed by atoms with Crippen molar-refractivity contribution in [3.05, 3.63) is 35.8 Å². The van der Waals surface area contributed by atoms with Crippen LogP contribution in [0.25, 0.3) is 5.65 Å². The van der Waals surface area contributed by atoms with E-state index >= 15 is 0 Å². The number of aromatic carboxylic acids is 1. The second-order valence-corrected chi connectivity index (χ2v) is 5.46. The lowest BCUT2D eigenvalue weighted by Gasteiger charge is -2.15. The zero-order valence-electron chi connectivity index (χ0n) is 10.3. The minimum Gasteiger partial charge on any atom is -0.478 e. The molecule has 4 heteroatoms. The molecule has 0 fully saturated rings. The number of rotatable bonds is 2. The van der Waals surface area contributed by atoms with Gasteiger partial charge in [0.05, 0.1) is 11.3 Å². The van der Waals surface area contributed by atoms with E-state index in [1.807, 2.05) is 10.6 Å². The van der Waals surface area contributed by atoms with Crippen molar-refractivity contribution in [3.8, 4) is 0 Å². The molecular formula is C13H16N2O2. The summed E-state index contributed by atoms with van der Waals surface area (Å²) in [5, 5.41) is 8.90. The second-order valence-electron chi connectivity index (χ2n) is 5.46. The fraction of sp³-hybridized carbons (Fsp3) is 0.385. The molecule has 0 aliphatic rings. The molecule has 0 atom stereocenters. The Kier molecular flexibility index (Phi) is 2.65. The number of hydrogen-bond donors (Lipinski definition) is 1. The Morgan fingerprint density at radius 3 is 2.76 bits per heavy atom. The van der Waals surface area contributed by atoms with Crippen molar-refractivity contribution < 1.29 is 9.90 Å². The Morgan fingerprint density at radius 1 is 1.47 bits per heavy atom. The second kappa shape index (κ2) is 3.87. The van der Waals surface area contributed by atoms with Gasteiger partial charge in [0.2, 0.25) is 0 Å². The number of hydrogen-bond acceptors (Lipinski definition) is 2. The maximum absolute atomic E-state index is 10.8. The lowest BCUT2D eigenvalue weighted by molar-refractivity contribution is 0.0697. The van der Waals surface area contributed by atoms with E-state index in [1.54, 1.807) is 18.3 Å². The summed E-state index contributed by atoms with van der Waals surface area (Å²) in [7, 11) is 0. The lowest BCUT2D eigenvalue weighted by atomic mass is 9.91. The number of nitrogens with zero attached hydrogens (tertiary/aromatic N) is 2. The molecule has 0 aliphatic heterocycles. The lowest BCUT2D eigenvalue weighted by Crippen LogP contribution is -2.09. The topological polar surface area (TPSA) is 54.6 Å². The summed E-state index contributed by atoms with van der Waals surface area (Å²) >= 11 is 0. The van der Waals surface area contributed by atoms with Crippen molar-refractivity contribution in [2.45, 2.75) is 27.2 Å². The molecule has 2 rings (SSSR count). The highest BCUT2D eigenvalue weighted by atomic mass is 16.4. The third kappa shape index (κ3) is 2.64. The van der Waals surface area contributed by atoms with Gasteiger partial charge in [0.25, 0.3) is 0 Å². The van der Waals surface area contributed by atoms with Crippen molar-refractivity contribution in [2.24, 2.45) is 5.41 Å². The first kappa shape index (κ1) is 11.6. The smallest absolute Gasteiger partial charge is 0.335 e. The molecule has 0 saturated carbocycles. The highest BCUT2D eigenvalue weighted by Crippen LogP contribution is 2.20. The largest absolute Gasteiger partial charge is 0.478 e. The standard InChI is InChI=1S/C13H16N2O2/c1-13(2,3)7-10-8-15-5-4-9(12(16)17)6-11(15)14-10/h4-6,8H,7H2,1-3H3,(H,16,17). The Hall–Kier alpha value is -1.84. The first-order valence-electron chi connectivity index (χ1n) is 5.56. The van der Waals surface area contributed by atoms with Crippen LogP contribution in [0.4, 0.5) is 0 Å². The van der Waals surface area contributed by atoms with Crippen LogP contribution in [0.15, 0.2) is 24.5 Å². The molecule has 90 valence electrons. The Bertz CT molecular complexity index is 564. The molecule has 0 aromatic carbocycles. The number of aromatic nitrogens is 2. The van der Waals surface area contributed by atoms with Crippen LogP contribution in [0.5, 0.6) is 0 Å². The van der Waals surface area contributed by atoms with Crippen LogP contribution in [0.3, 0.4) is 0 Å². The van der Waals surface area contributed by atoms with Gasteiger partial charge in [0, 0.05) is 12.4 Å². The summed E-state index contributed by atoms with van der Waals surface area (Å²) < 4.78 is 1.85. The quantitative estimate of drug-likeness (QED) is 0.866. The van der Waals surface area contributed by atoms with Crippen molar-refractivity contribution in [2.75, 3.05) is 0 Å². The van der Waals surface area contributed by atoms with E-state index in [0.29, 0.717) is 5.65 Å². The van der Waals surface area contributed by atoms with E-state index in [2.05, 4.69) is 25.8 Å². The molecule has 0 radical (unpaired) electrons. The third-order valence-corrected chi connectivity index (χ3v) is 2.47. The van der Waals surface area contributed by atoms with Gasteiger partial charge in [-0.15, -0.1) is 0 Å². The molecule has 1 N–H and O–H groups in total. The Morgan fingerprint density at radius 2 is 2.18 bits per heavy atom. The summed E-state index contributed by atoms with van der Waals surface area (Å²) in [5.41, 5.74) is 2.11. The predicted molar refractivity (Wildman–Crippen MR) is 65.3 cm³/mol. The summed E-state index contributed by atoms with van der Waals surface area (Å²) in [6.45, 7) is 6.46. The van der Waals surface area contributed by atoms with Crippen LogP contribution in [-0.4, -0.2) is 20.5 Å². The minimum absolute atomic E-state index is 0.174. The average molecular weight is 232 g/mol. The summed E-state index contributed by atoms with van der Waals surface area (Å²) in [5.74, 6) is -0.923. The highest BCUT2D eigenvalue weighted by molar-refractivity contribution is 5.88. The summed E-state index contributed by atoms with van der Waals surface area (Å²) in [6.07, 6.45) is 4.56. The van der Waals surface area contributed by atoms with Crippen molar-refractivity contribution >= 4 is 11.6 Å². The zero-order chi connectivity index (χ0) is 12.6. The van der Waals surface area contributed by atoms with E-state index in [0.717, 1.165) is 12.1 Å². The predicted octanol–water partition coefficient (Wildman–Crippen LogP) is 2.62. The molecule has 0 unspecified atom stereocenters. The van der Waals surface area contributed by atoms with Gasteiger partial charge in [0.15, 0.2) is 0 Å². The molecule has 17 heavy (non-hydrogen) atoms. The van der Waals surface area contributed by atoms with Gasteiger partial charge in [-0.2, -0.15) is 0 Å². The molecule has 4 nitrogen and oxygen atoms in total. The SMILES string of the molecule is CC(C)(C)Cc1cn2ccc(C(=O)O)cc2n1. The summed E-state index contributed by atoms with van der Waals surface area (Å²) in [6, 6.07) is 3.17. The molecule has 0 amide bonds. The number of fused-ring (bicyclic) bond motifs is 1. The van der Waals surface area contributed by atoms with E-state index in [1.165, 1.54) is 0 Å². The van der Waals surface area contributed by atoms with E-state index < -0.39 is 5.97 Å². The highest BCUT2D eigenvalue weighted by Gasteiger charge is 2.14. The molecule has 0 spiro atoms. The van der Waals surface area contributed by atoms with Crippen LogP contribution in [0.1, 0.15) is 36.8 Å². The van der Waals surface area contributed by atoms with Gasteiger partial charge in [0.1, 0.15) is 5.65 Å². The van der Waals surface area contributed by atoms with Crippen molar-refractivity contribution in [1.82, 2.24) is 9.38 Å². The maximum atomic E-state index is 10.8. The van der Waals surface area contributed by atoms with Crippen LogP contribution in [0.2, 0.25) is 0 Å². The van der Waals surface area contributed by atoms with Crippen molar-refractivity contribution in [3.63, 3.8) is 0 Å². The molecule has 2 heterocycles. The molecule has 0 bridgehead atoms. The first-order valence-corrected chi connectivity index (χ1v) is 5.56. The van der Waals surface area contributed by atoms with Gasteiger partial charge >= 0.3 is 5.97 Å². The fourth-order valence-corrected chi connectivity index (χ4v) is 1.80. The van der Waals surface area contributed by atoms with E-state index in [9.17, 15) is 4.79 Å². The van der Waals surface area contributed by atoms with Crippen LogP contribution < -0.4 is 0 Å². The van der Waals surface area contributed by atoms with Crippen LogP contribution in [-0.2, 0) is 6.42 Å². The number of carbonyl (C=O) groups is 1. The van der Waals surface area contributed by atoms with Gasteiger partial charge in [-0.25, -0.2) is 9.78 Å². The number of imidazole rings is 1. The van der Waals surface area contributed by atoms with Crippen molar-refractivity contribution in [1.29, 1.82) is 0 Å². The maximum Gasteiger partial charge on any atom is 0.335 e. The van der Waals surface area contributed by atoms with Gasteiger partial charge < -0.3 is 9.51 Å². The Labute approximate surface area is 99.9 Å². The van der Waals surface area contributed by atoms with Crippen LogP contribution >= 0.6 is 0 Å². The average Bonchev–Trinajstić information content (AvgIpc) is 2.54. The number of carboxylic acids is 1. The fourth-order valence-electron chi connectivity index (χ4n) is 1.80. The molecule has 0 saturated heterocycles. The minimum atomic E-state index is -0.923. The monoisotopic (exact) mass is 232 g/mol. The normalized spacial score (nSPS) is 11.9. The molecule has 2 aromatic rings. The molecule has 2 aromatic heterocycles. The third-order valence-electron chi connectivity index (χ3n) is 2.47. The number of pyridine rings is 1. The zero-order valence-corrected chi connectivity index (χ0v) is 10.3. The van der Waals surface area contributed by atoms with Gasteiger partial charge in [-0.1, -0.05) is 20.8 Å². The summed E-state index contributed by atoms with van der Waals surface area (Å²) in [4.78, 5) is 15.3. The molecule has 0 aliphatic carbocycles. The van der Waals surface area contributed by atoms with Gasteiger partial charge in [-0.05, 0) is 24.0 Å². The Balaban J connectivity index is 2.40. The van der Waals surface area contributed by atoms with Gasteiger partial charge in [-0.3, -0.25) is 0 Å². The van der Waals surface area contributed by atoms with E-state index in [4.69, 9.17) is 5.11 Å². The van der Waals surface area contributed by atoms with E-state index in [-0.39, 0.29) is 11.0 Å². The molecular weight excluding hydrogens is 216 g/mol. The first-order chi connectivity index (χ1) is 7.85. The number of carboxylic acid groups (broad SMARTS) is 1. The van der Waals surface area contributed by atoms with Crippen LogP contribution in [0, 0.1) is 5.41 Å².